The molecule has 8 nitrogen and oxygen atoms in total. The van der Waals surface area contributed by atoms with Crippen molar-refractivity contribution in [2.75, 3.05) is 13.7 Å². The average molecular weight is 439 g/mol. The lowest BCUT2D eigenvalue weighted by atomic mass is 9.90. The van der Waals surface area contributed by atoms with E-state index in [0.29, 0.717) is 0 Å². The van der Waals surface area contributed by atoms with Gasteiger partial charge in [0.25, 0.3) is 0 Å². The van der Waals surface area contributed by atoms with Gasteiger partial charge in [-0.05, 0) is 18.1 Å². The van der Waals surface area contributed by atoms with E-state index >= 15 is 0 Å². The van der Waals surface area contributed by atoms with Gasteiger partial charge in [0.15, 0.2) is 0 Å². The maximum Gasteiger partial charge on any atom is 0.410 e. The van der Waals surface area contributed by atoms with Gasteiger partial charge >= 0.3 is 18.0 Å². The van der Waals surface area contributed by atoms with Crippen LogP contribution in [0.3, 0.4) is 0 Å². The molecule has 0 radical (unpaired) electrons. The van der Waals surface area contributed by atoms with E-state index in [2.05, 4.69) is 0 Å². The molecule has 3 rings (SSSR count). The molecule has 1 heterocycles. The second-order valence-corrected chi connectivity index (χ2v) is 7.44. The fourth-order valence-corrected chi connectivity index (χ4v) is 3.77. The molecule has 3 unspecified atom stereocenters. The Hall–Kier alpha value is -3.68. The second-order valence-electron chi connectivity index (χ2n) is 7.44. The van der Waals surface area contributed by atoms with Crippen LogP contribution in [0.2, 0.25) is 0 Å². The maximum atomic E-state index is 13.0. The van der Waals surface area contributed by atoms with Gasteiger partial charge in [-0.2, -0.15) is 0 Å². The van der Waals surface area contributed by atoms with Gasteiger partial charge in [-0.3, -0.25) is 19.3 Å². The summed E-state index contributed by atoms with van der Waals surface area (Å²) < 4.78 is 15.4. The minimum atomic E-state index is -1.38. The SMILES string of the molecule is COC(=O)CC(C(C(C)=O)C(=O)OCc1ccccc1)N1C(=O)OCC1c1ccccc1. The van der Waals surface area contributed by atoms with Crippen LogP contribution in [0.4, 0.5) is 4.79 Å². The van der Waals surface area contributed by atoms with Crippen molar-refractivity contribution < 1.29 is 33.4 Å². The predicted molar refractivity (Wildman–Crippen MR) is 113 cm³/mol. The number of hydrogen-bond donors (Lipinski definition) is 0. The van der Waals surface area contributed by atoms with Gasteiger partial charge in [-0.1, -0.05) is 60.7 Å². The Morgan fingerprint density at radius 1 is 1.06 bits per heavy atom. The summed E-state index contributed by atoms with van der Waals surface area (Å²) in [5.41, 5.74) is 1.50. The molecule has 32 heavy (non-hydrogen) atoms. The Morgan fingerprint density at radius 3 is 2.28 bits per heavy atom. The molecule has 3 atom stereocenters. The summed E-state index contributed by atoms with van der Waals surface area (Å²) >= 11 is 0. The van der Waals surface area contributed by atoms with Crippen molar-refractivity contribution in [2.45, 2.75) is 32.0 Å². The first-order valence-electron chi connectivity index (χ1n) is 10.2. The molecule has 2 aromatic carbocycles. The number of cyclic esters (lactones) is 1. The van der Waals surface area contributed by atoms with Crippen molar-refractivity contribution in [2.24, 2.45) is 5.92 Å². The first kappa shape index (κ1) is 23.0. The van der Waals surface area contributed by atoms with Crippen LogP contribution in [0, 0.1) is 5.92 Å². The van der Waals surface area contributed by atoms with Gasteiger partial charge < -0.3 is 14.2 Å². The highest BCUT2D eigenvalue weighted by Gasteiger charge is 2.47. The average Bonchev–Trinajstić information content (AvgIpc) is 3.19. The van der Waals surface area contributed by atoms with Crippen molar-refractivity contribution in [3.63, 3.8) is 0 Å². The number of rotatable bonds is 9. The molecule has 1 aliphatic heterocycles. The van der Waals surface area contributed by atoms with E-state index in [1.807, 2.05) is 36.4 Å². The third kappa shape index (κ3) is 5.32. The number of carbonyl (C=O) groups excluding carboxylic acids is 4. The second kappa shape index (κ2) is 10.6. The number of methoxy groups -OCH3 is 1. The van der Waals surface area contributed by atoms with Crippen molar-refractivity contribution >= 4 is 23.8 Å². The molecule has 1 saturated heterocycles. The summed E-state index contributed by atoms with van der Waals surface area (Å²) in [5.74, 6) is -3.39. The molecule has 168 valence electrons. The topological polar surface area (TPSA) is 99.2 Å². The quantitative estimate of drug-likeness (QED) is 0.336. The zero-order valence-corrected chi connectivity index (χ0v) is 17.9. The van der Waals surface area contributed by atoms with Gasteiger partial charge in [0.1, 0.15) is 24.9 Å². The highest BCUT2D eigenvalue weighted by atomic mass is 16.6. The molecule has 0 bridgehead atoms. The molecule has 1 aliphatic rings. The monoisotopic (exact) mass is 439 g/mol. The molecule has 0 spiro atoms. The number of hydrogen-bond acceptors (Lipinski definition) is 7. The fourth-order valence-electron chi connectivity index (χ4n) is 3.77. The number of ether oxygens (including phenoxy) is 3. The van der Waals surface area contributed by atoms with E-state index in [1.165, 1.54) is 18.9 Å². The largest absolute Gasteiger partial charge is 0.469 e. The van der Waals surface area contributed by atoms with Gasteiger partial charge in [0.05, 0.1) is 25.6 Å². The Kier molecular flexibility index (Phi) is 7.59. The van der Waals surface area contributed by atoms with Crippen LogP contribution in [0.1, 0.15) is 30.5 Å². The summed E-state index contributed by atoms with van der Waals surface area (Å²) in [4.78, 5) is 51.7. The van der Waals surface area contributed by atoms with Gasteiger partial charge in [-0.15, -0.1) is 0 Å². The molecule has 0 saturated carbocycles. The van der Waals surface area contributed by atoms with Crippen LogP contribution < -0.4 is 0 Å². The van der Waals surface area contributed by atoms with Crippen molar-refractivity contribution in [3.8, 4) is 0 Å². The molecular formula is C24H25NO7. The third-order valence-electron chi connectivity index (χ3n) is 5.36. The zero-order valence-electron chi connectivity index (χ0n) is 17.9. The van der Waals surface area contributed by atoms with Crippen molar-refractivity contribution in [1.29, 1.82) is 0 Å². The predicted octanol–water partition coefficient (Wildman–Crippen LogP) is 3.06. The standard InChI is InChI=1S/C24H25NO7/c1-16(26)22(23(28)31-14-17-9-5-3-6-10-17)19(13-21(27)30-2)25-20(15-32-24(25)29)18-11-7-4-8-12-18/h3-12,19-20,22H,13-15H2,1-2H3. The molecule has 8 heteroatoms. The first-order valence-corrected chi connectivity index (χ1v) is 10.2. The third-order valence-corrected chi connectivity index (χ3v) is 5.36. The van der Waals surface area contributed by atoms with Crippen molar-refractivity contribution in [3.05, 3.63) is 71.8 Å². The first-order chi connectivity index (χ1) is 15.4. The minimum absolute atomic E-state index is 0.0320. The van der Waals surface area contributed by atoms with E-state index in [4.69, 9.17) is 14.2 Å². The highest BCUT2D eigenvalue weighted by molar-refractivity contribution is 5.99. The molecule has 1 amide bonds. The van der Waals surface area contributed by atoms with E-state index in [1.54, 1.807) is 24.3 Å². The molecule has 1 fully saturated rings. The Labute approximate surface area is 186 Å². The molecule has 0 aliphatic carbocycles. The molecule has 2 aromatic rings. The van der Waals surface area contributed by atoms with Crippen LogP contribution in [0.15, 0.2) is 60.7 Å². The molecule has 0 aromatic heterocycles. The summed E-state index contributed by atoms with van der Waals surface area (Å²) in [5, 5.41) is 0. The minimum Gasteiger partial charge on any atom is -0.469 e. The van der Waals surface area contributed by atoms with Gasteiger partial charge in [-0.25, -0.2) is 4.79 Å². The lowest BCUT2D eigenvalue weighted by molar-refractivity contribution is -0.156. The van der Waals surface area contributed by atoms with E-state index < -0.39 is 41.8 Å². The number of benzene rings is 2. The summed E-state index contributed by atoms with van der Waals surface area (Å²) in [7, 11) is 1.20. The number of Topliss-reactive ketones (excluding diaryl/α,β-unsaturated/α-hetero) is 1. The molecular weight excluding hydrogens is 414 g/mol. The lowest BCUT2D eigenvalue weighted by Gasteiger charge is -2.33. The number of esters is 2. The number of amides is 1. The van der Waals surface area contributed by atoms with Crippen LogP contribution >= 0.6 is 0 Å². The van der Waals surface area contributed by atoms with E-state index in [0.717, 1.165) is 11.1 Å². The van der Waals surface area contributed by atoms with Crippen LogP contribution in [-0.4, -0.2) is 48.5 Å². The lowest BCUT2D eigenvalue weighted by Crippen LogP contribution is -2.49. The Morgan fingerprint density at radius 2 is 1.69 bits per heavy atom. The maximum absolute atomic E-state index is 13.0. The van der Waals surface area contributed by atoms with Gasteiger partial charge in [0, 0.05) is 0 Å². The molecule has 0 N–H and O–H groups in total. The summed E-state index contributed by atoms with van der Waals surface area (Å²) in [6, 6.07) is 16.4. The fraction of sp³-hybridized carbons (Fsp3) is 0.333. The van der Waals surface area contributed by atoms with Crippen LogP contribution in [-0.2, 0) is 35.2 Å². The Balaban J connectivity index is 1.91. The van der Waals surface area contributed by atoms with Crippen LogP contribution in [0.5, 0.6) is 0 Å². The van der Waals surface area contributed by atoms with E-state index in [9.17, 15) is 19.2 Å². The van der Waals surface area contributed by atoms with Crippen LogP contribution in [0.25, 0.3) is 0 Å². The number of nitrogens with zero attached hydrogens (tertiary/aromatic N) is 1. The summed E-state index contributed by atoms with van der Waals surface area (Å²) in [6.07, 6.45) is -1.07. The van der Waals surface area contributed by atoms with Crippen molar-refractivity contribution in [1.82, 2.24) is 4.90 Å². The number of carbonyl (C=O) groups is 4. The Bertz CT molecular complexity index is 961. The van der Waals surface area contributed by atoms with E-state index in [-0.39, 0.29) is 19.6 Å². The normalized spacial score (nSPS) is 17.2. The zero-order chi connectivity index (χ0) is 23.1. The summed E-state index contributed by atoms with van der Waals surface area (Å²) in [6.45, 7) is 1.23. The number of ketones is 1. The highest BCUT2D eigenvalue weighted by Crippen LogP contribution is 2.34. The smallest absolute Gasteiger partial charge is 0.410 e. The van der Waals surface area contributed by atoms with Gasteiger partial charge in [0.2, 0.25) is 0 Å².